The molecule has 4 amide bonds. The number of alkyl halides is 5. The minimum absolute atomic E-state index is 0.0424. The van der Waals surface area contributed by atoms with Crippen molar-refractivity contribution in [2.75, 3.05) is 24.5 Å². The number of hydrogen-bond donors (Lipinski definition) is 3. The summed E-state index contributed by atoms with van der Waals surface area (Å²) in [6, 6.07) is 2.35. The van der Waals surface area contributed by atoms with E-state index >= 15 is 0 Å². The molecule has 15 heteroatoms. The molecular weight excluding hydrogens is 505 g/mol. The molecule has 2 aliphatic heterocycles. The predicted molar refractivity (Wildman–Crippen MR) is 117 cm³/mol. The number of imide groups is 1. The standard InChI is InChI=1S/C22H18F5N7O3/c23-21(24)10-33(9-16(21)30-18(35)11-1-3-12(4-2-11)22(25,26)27)15-7-14(32-34-6-5-28-17(15)34)13-8-29-20(37)31-19(13)36/h1-7,13,16H,8-10H2,(H,30,35)(H2,29,31,36,37). The Hall–Kier alpha value is -4.30. The lowest BCUT2D eigenvalue weighted by molar-refractivity contribution is -0.137. The van der Waals surface area contributed by atoms with Gasteiger partial charge in [0.05, 0.1) is 29.4 Å². The van der Waals surface area contributed by atoms with Crippen LogP contribution in [-0.4, -0.2) is 64.0 Å². The van der Waals surface area contributed by atoms with Gasteiger partial charge in [-0.15, -0.1) is 0 Å². The maximum Gasteiger partial charge on any atom is 0.416 e. The molecule has 0 aliphatic carbocycles. The summed E-state index contributed by atoms with van der Waals surface area (Å²) in [7, 11) is 0. The molecule has 0 bridgehead atoms. The Labute approximate surface area is 204 Å². The Bertz CT molecular complexity index is 1390. The summed E-state index contributed by atoms with van der Waals surface area (Å²) < 4.78 is 69.6. The maximum atomic E-state index is 15.0. The number of carbonyl (C=O) groups excluding carboxylic acids is 3. The second kappa shape index (κ2) is 8.67. The fraction of sp³-hybridized carbons (Fsp3) is 0.318. The number of rotatable bonds is 4. The van der Waals surface area contributed by atoms with Gasteiger partial charge < -0.3 is 15.5 Å². The van der Waals surface area contributed by atoms with Gasteiger partial charge in [0, 0.05) is 31.0 Å². The Morgan fingerprint density at radius 3 is 2.57 bits per heavy atom. The minimum Gasteiger partial charge on any atom is -0.360 e. The summed E-state index contributed by atoms with van der Waals surface area (Å²) in [5, 5.41) is 11.1. The third-order valence-corrected chi connectivity index (χ3v) is 6.17. The zero-order valence-electron chi connectivity index (χ0n) is 18.7. The summed E-state index contributed by atoms with van der Waals surface area (Å²) in [5.41, 5.74) is -0.502. The van der Waals surface area contributed by atoms with Gasteiger partial charge in [-0.25, -0.2) is 23.1 Å². The molecule has 2 atom stereocenters. The summed E-state index contributed by atoms with van der Waals surface area (Å²) in [4.78, 5) is 41.7. The molecule has 10 nitrogen and oxygen atoms in total. The van der Waals surface area contributed by atoms with Crippen molar-refractivity contribution in [3.63, 3.8) is 0 Å². The van der Waals surface area contributed by atoms with E-state index in [1.807, 2.05) is 0 Å². The highest BCUT2D eigenvalue weighted by atomic mass is 19.4. The van der Waals surface area contributed by atoms with Crippen molar-refractivity contribution in [3.05, 3.63) is 59.5 Å². The van der Waals surface area contributed by atoms with Crippen LogP contribution in [0.5, 0.6) is 0 Å². The third kappa shape index (κ3) is 4.63. The second-order valence-corrected chi connectivity index (χ2v) is 8.64. The van der Waals surface area contributed by atoms with Crippen molar-refractivity contribution in [1.82, 2.24) is 30.5 Å². The molecule has 5 rings (SSSR count). The smallest absolute Gasteiger partial charge is 0.360 e. The Balaban J connectivity index is 1.39. The van der Waals surface area contributed by atoms with E-state index < -0.39 is 54.0 Å². The molecule has 3 N–H and O–H groups in total. The normalized spacial score (nSPS) is 21.6. The highest BCUT2D eigenvalue weighted by Crippen LogP contribution is 2.35. The summed E-state index contributed by atoms with van der Waals surface area (Å²) >= 11 is 0. The first-order valence-corrected chi connectivity index (χ1v) is 11.0. The lowest BCUT2D eigenvalue weighted by atomic mass is 10.0. The molecular formula is C22H18F5N7O3. The average molecular weight is 523 g/mol. The first-order valence-electron chi connectivity index (χ1n) is 11.0. The number of amides is 4. The van der Waals surface area contributed by atoms with E-state index in [1.54, 1.807) is 0 Å². The van der Waals surface area contributed by atoms with Crippen LogP contribution in [0.1, 0.15) is 27.5 Å². The van der Waals surface area contributed by atoms with Crippen LogP contribution < -0.4 is 20.9 Å². The first-order chi connectivity index (χ1) is 17.4. The quantitative estimate of drug-likeness (QED) is 0.450. The molecule has 2 aromatic heterocycles. The number of hydrogen-bond acceptors (Lipinski definition) is 6. The molecule has 0 saturated carbocycles. The fourth-order valence-electron chi connectivity index (χ4n) is 4.26. The van der Waals surface area contributed by atoms with Crippen LogP contribution in [-0.2, 0) is 11.0 Å². The topological polar surface area (TPSA) is 121 Å². The Morgan fingerprint density at radius 1 is 1.16 bits per heavy atom. The van der Waals surface area contributed by atoms with Crippen LogP contribution in [0.4, 0.5) is 32.4 Å². The number of halogens is 5. The van der Waals surface area contributed by atoms with Gasteiger partial charge in [0.15, 0.2) is 5.65 Å². The number of fused-ring (bicyclic) bond motifs is 1. The number of anilines is 1. The van der Waals surface area contributed by atoms with Crippen molar-refractivity contribution in [2.24, 2.45) is 0 Å². The minimum atomic E-state index is -4.60. The number of nitrogens with one attached hydrogen (secondary N) is 3. The SMILES string of the molecule is O=C1NCC(c2cc(N3CC(NC(=O)c4ccc(C(F)(F)F)cc4)C(F)(F)C3)c3nccn3n2)C(=O)N1. The van der Waals surface area contributed by atoms with Crippen LogP contribution >= 0.6 is 0 Å². The van der Waals surface area contributed by atoms with E-state index in [9.17, 15) is 36.3 Å². The number of aromatic nitrogens is 3. The molecule has 2 aliphatic rings. The average Bonchev–Trinajstić information content (AvgIpc) is 3.41. The molecule has 3 aromatic rings. The van der Waals surface area contributed by atoms with Crippen molar-refractivity contribution in [1.29, 1.82) is 0 Å². The molecule has 0 radical (unpaired) electrons. The number of nitrogens with zero attached hydrogens (tertiary/aromatic N) is 4. The van der Waals surface area contributed by atoms with Crippen LogP contribution in [0.25, 0.3) is 5.65 Å². The van der Waals surface area contributed by atoms with Crippen LogP contribution in [0.15, 0.2) is 42.7 Å². The molecule has 1 aromatic carbocycles. The molecule has 2 fully saturated rings. The molecule has 4 heterocycles. The number of urea groups is 1. The molecule has 2 saturated heterocycles. The summed E-state index contributed by atoms with van der Waals surface area (Å²) in [5.74, 6) is -5.82. The van der Waals surface area contributed by atoms with Gasteiger partial charge in [0.1, 0.15) is 6.04 Å². The van der Waals surface area contributed by atoms with Gasteiger partial charge in [-0.05, 0) is 30.3 Å². The van der Waals surface area contributed by atoms with Crippen molar-refractivity contribution in [3.8, 4) is 0 Å². The zero-order chi connectivity index (χ0) is 26.5. The van der Waals surface area contributed by atoms with E-state index in [2.05, 4.69) is 26.0 Å². The fourth-order valence-corrected chi connectivity index (χ4v) is 4.26. The summed E-state index contributed by atoms with van der Waals surface area (Å²) in [6.45, 7) is -1.19. The second-order valence-electron chi connectivity index (χ2n) is 8.64. The van der Waals surface area contributed by atoms with Gasteiger partial charge in [-0.3, -0.25) is 14.9 Å². The van der Waals surface area contributed by atoms with Gasteiger partial charge in [-0.1, -0.05) is 0 Å². The number of imidazole rings is 1. The Morgan fingerprint density at radius 2 is 1.89 bits per heavy atom. The number of carbonyl (C=O) groups is 3. The van der Waals surface area contributed by atoms with E-state index in [-0.39, 0.29) is 35.7 Å². The van der Waals surface area contributed by atoms with E-state index in [1.165, 1.54) is 27.9 Å². The van der Waals surface area contributed by atoms with Crippen molar-refractivity contribution in [2.45, 2.75) is 24.1 Å². The maximum absolute atomic E-state index is 15.0. The largest absolute Gasteiger partial charge is 0.416 e. The van der Waals surface area contributed by atoms with Crippen LogP contribution in [0, 0.1) is 0 Å². The molecule has 0 spiro atoms. The lowest BCUT2D eigenvalue weighted by Gasteiger charge is -2.24. The lowest BCUT2D eigenvalue weighted by Crippen LogP contribution is -2.51. The highest BCUT2D eigenvalue weighted by Gasteiger charge is 2.49. The zero-order valence-corrected chi connectivity index (χ0v) is 18.7. The van der Waals surface area contributed by atoms with E-state index in [0.717, 1.165) is 12.1 Å². The van der Waals surface area contributed by atoms with Crippen LogP contribution in [0.3, 0.4) is 0 Å². The van der Waals surface area contributed by atoms with Crippen molar-refractivity contribution >= 4 is 29.2 Å². The first kappa shape index (κ1) is 24.4. The van der Waals surface area contributed by atoms with Crippen molar-refractivity contribution < 1.29 is 36.3 Å². The monoisotopic (exact) mass is 523 g/mol. The van der Waals surface area contributed by atoms with Gasteiger partial charge in [0.25, 0.3) is 11.8 Å². The highest BCUT2D eigenvalue weighted by molar-refractivity contribution is 6.00. The predicted octanol–water partition coefficient (Wildman–Crippen LogP) is 1.92. The third-order valence-electron chi connectivity index (χ3n) is 6.17. The van der Waals surface area contributed by atoms with E-state index in [4.69, 9.17) is 0 Å². The molecule has 2 unspecified atom stereocenters. The van der Waals surface area contributed by atoms with Gasteiger partial charge >= 0.3 is 12.2 Å². The van der Waals surface area contributed by atoms with E-state index in [0.29, 0.717) is 12.1 Å². The Kier molecular flexibility index (Phi) is 5.72. The molecule has 194 valence electrons. The molecule has 37 heavy (non-hydrogen) atoms. The van der Waals surface area contributed by atoms with Crippen LogP contribution in [0.2, 0.25) is 0 Å². The number of benzene rings is 1. The summed E-state index contributed by atoms with van der Waals surface area (Å²) in [6.07, 6.45) is -1.73. The van der Waals surface area contributed by atoms with Gasteiger partial charge in [0.2, 0.25) is 5.91 Å². The van der Waals surface area contributed by atoms with Gasteiger partial charge in [-0.2, -0.15) is 18.3 Å².